The molecule has 0 atom stereocenters. The number of carbonyl (C=O) groups is 1. The zero-order chi connectivity index (χ0) is 11.2. The highest BCUT2D eigenvalue weighted by Crippen LogP contribution is 2.19. The van der Waals surface area contributed by atoms with Crippen molar-refractivity contribution in [1.29, 1.82) is 0 Å². The lowest BCUT2D eigenvalue weighted by molar-refractivity contribution is -0.154. The van der Waals surface area contributed by atoms with Crippen LogP contribution >= 0.6 is 0 Å². The second-order valence-electron chi connectivity index (χ2n) is 4.07. The predicted octanol–water partition coefficient (Wildman–Crippen LogP) is 3.24. The van der Waals surface area contributed by atoms with E-state index in [-0.39, 0.29) is 11.6 Å². The minimum Gasteiger partial charge on any atom is -0.460 e. The molecule has 0 spiro atoms. The summed E-state index contributed by atoms with van der Waals surface area (Å²) in [5.41, 5.74) is 0.663. The fourth-order valence-electron chi connectivity index (χ4n) is 1.28. The Labute approximate surface area is 86.6 Å². The van der Waals surface area contributed by atoms with Crippen LogP contribution in [0.4, 0.5) is 0 Å². The Morgan fingerprint density at radius 1 is 1.50 bits per heavy atom. The van der Waals surface area contributed by atoms with Crippen molar-refractivity contribution in [3.63, 3.8) is 0 Å². The van der Waals surface area contributed by atoms with Gasteiger partial charge in [0, 0.05) is 6.92 Å². The summed E-state index contributed by atoms with van der Waals surface area (Å²) in [6.07, 6.45) is 4.48. The van der Waals surface area contributed by atoms with Crippen molar-refractivity contribution >= 4 is 5.97 Å². The number of allylic oxidation sites excluding steroid dienone is 2. The highest BCUT2D eigenvalue weighted by molar-refractivity contribution is 5.66. The topological polar surface area (TPSA) is 26.3 Å². The molecule has 0 aromatic heterocycles. The number of carbonyl (C=O) groups excluding carboxylic acids is 1. The van der Waals surface area contributed by atoms with Crippen molar-refractivity contribution in [2.45, 2.75) is 45.6 Å². The molecule has 2 heteroatoms. The van der Waals surface area contributed by atoms with E-state index in [1.807, 2.05) is 13.8 Å². The molecule has 14 heavy (non-hydrogen) atoms. The number of ether oxygens (including phenoxy) is 1. The van der Waals surface area contributed by atoms with Crippen LogP contribution in [0.5, 0.6) is 0 Å². The van der Waals surface area contributed by atoms with E-state index in [0.717, 1.165) is 24.8 Å². The standard InChI is InChI=1S/C12H20O2/c1-6-10(2)8-7-9-12(4,5)14-11(3)13/h6H,1-2,7-9H2,3-5H3. The van der Waals surface area contributed by atoms with E-state index in [1.54, 1.807) is 6.08 Å². The molecule has 80 valence electrons. The molecule has 0 bridgehead atoms. The normalized spacial score (nSPS) is 10.8. The van der Waals surface area contributed by atoms with E-state index >= 15 is 0 Å². The monoisotopic (exact) mass is 196 g/mol. The minimum atomic E-state index is -0.368. The van der Waals surface area contributed by atoms with Gasteiger partial charge in [0.2, 0.25) is 0 Å². The van der Waals surface area contributed by atoms with Crippen LogP contribution in [-0.2, 0) is 9.53 Å². The van der Waals surface area contributed by atoms with Gasteiger partial charge in [-0.2, -0.15) is 0 Å². The lowest BCUT2D eigenvalue weighted by Crippen LogP contribution is -2.26. The van der Waals surface area contributed by atoms with Crippen LogP contribution in [0.25, 0.3) is 0 Å². The molecule has 0 saturated heterocycles. The van der Waals surface area contributed by atoms with Crippen molar-refractivity contribution in [1.82, 2.24) is 0 Å². The van der Waals surface area contributed by atoms with Crippen molar-refractivity contribution in [2.75, 3.05) is 0 Å². The first-order valence-corrected chi connectivity index (χ1v) is 4.87. The summed E-state index contributed by atoms with van der Waals surface area (Å²) >= 11 is 0. The molecule has 0 heterocycles. The lowest BCUT2D eigenvalue weighted by Gasteiger charge is -2.24. The summed E-state index contributed by atoms with van der Waals surface area (Å²) < 4.78 is 5.16. The van der Waals surface area contributed by atoms with Gasteiger partial charge < -0.3 is 4.74 Å². The van der Waals surface area contributed by atoms with Gasteiger partial charge in [-0.1, -0.05) is 24.8 Å². The average Bonchev–Trinajstić information content (AvgIpc) is 2.01. The summed E-state index contributed by atoms with van der Waals surface area (Å²) in [6.45, 7) is 12.7. The van der Waals surface area contributed by atoms with Gasteiger partial charge in [-0.15, -0.1) is 0 Å². The summed E-state index contributed by atoms with van der Waals surface area (Å²) in [4.78, 5) is 10.8. The Bertz CT molecular complexity index is 226. The molecule has 0 aromatic carbocycles. The van der Waals surface area contributed by atoms with Crippen molar-refractivity contribution in [3.05, 3.63) is 24.8 Å². The Hall–Kier alpha value is -1.05. The lowest BCUT2D eigenvalue weighted by atomic mass is 9.99. The summed E-state index contributed by atoms with van der Waals surface area (Å²) in [7, 11) is 0. The molecule has 2 nitrogen and oxygen atoms in total. The molecule has 0 rings (SSSR count). The molecule has 0 N–H and O–H groups in total. The van der Waals surface area contributed by atoms with Crippen LogP contribution in [0.2, 0.25) is 0 Å². The molecule has 0 amide bonds. The summed E-state index contributed by atoms with van der Waals surface area (Å²) in [5.74, 6) is -0.224. The van der Waals surface area contributed by atoms with E-state index < -0.39 is 0 Å². The fourth-order valence-corrected chi connectivity index (χ4v) is 1.28. The van der Waals surface area contributed by atoms with Gasteiger partial charge >= 0.3 is 5.97 Å². The quantitative estimate of drug-likeness (QED) is 0.481. The van der Waals surface area contributed by atoms with Gasteiger partial charge in [-0.25, -0.2) is 0 Å². The average molecular weight is 196 g/mol. The van der Waals surface area contributed by atoms with E-state index in [2.05, 4.69) is 13.2 Å². The van der Waals surface area contributed by atoms with Gasteiger partial charge in [-0.3, -0.25) is 4.79 Å². The Morgan fingerprint density at radius 3 is 2.50 bits per heavy atom. The van der Waals surface area contributed by atoms with Crippen molar-refractivity contribution in [3.8, 4) is 0 Å². The first-order valence-electron chi connectivity index (χ1n) is 4.87. The maximum atomic E-state index is 10.8. The molecule has 0 radical (unpaired) electrons. The Kier molecular flexibility index (Phi) is 5.21. The summed E-state index contributed by atoms with van der Waals surface area (Å²) in [6, 6.07) is 0. The third kappa shape index (κ3) is 6.46. The van der Waals surface area contributed by atoms with Gasteiger partial charge in [0.25, 0.3) is 0 Å². The molecular formula is C12H20O2. The Balaban J connectivity index is 3.81. The van der Waals surface area contributed by atoms with Crippen LogP contribution in [0.3, 0.4) is 0 Å². The van der Waals surface area contributed by atoms with E-state index in [4.69, 9.17) is 4.74 Å². The first-order chi connectivity index (χ1) is 6.37. The first kappa shape index (κ1) is 12.9. The van der Waals surface area contributed by atoms with Crippen LogP contribution in [0.1, 0.15) is 40.0 Å². The molecule has 0 aliphatic carbocycles. The molecular weight excluding hydrogens is 176 g/mol. The minimum absolute atomic E-state index is 0.224. The molecule has 0 fully saturated rings. The molecule has 0 saturated carbocycles. The molecule has 0 aliphatic rings. The maximum Gasteiger partial charge on any atom is 0.303 e. The van der Waals surface area contributed by atoms with Gasteiger partial charge in [0.05, 0.1) is 0 Å². The second kappa shape index (κ2) is 5.63. The zero-order valence-electron chi connectivity index (χ0n) is 9.43. The third-order valence-electron chi connectivity index (χ3n) is 1.99. The van der Waals surface area contributed by atoms with Crippen LogP contribution in [0.15, 0.2) is 24.8 Å². The maximum absolute atomic E-state index is 10.8. The molecule has 0 aromatic rings. The fraction of sp³-hybridized carbons (Fsp3) is 0.583. The smallest absolute Gasteiger partial charge is 0.303 e. The number of esters is 1. The third-order valence-corrected chi connectivity index (χ3v) is 1.99. The van der Waals surface area contributed by atoms with Gasteiger partial charge in [0.1, 0.15) is 5.60 Å². The summed E-state index contributed by atoms with van der Waals surface area (Å²) in [5, 5.41) is 0. The van der Waals surface area contributed by atoms with Crippen LogP contribution in [-0.4, -0.2) is 11.6 Å². The van der Waals surface area contributed by atoms with Gasteiger partial charge in [0.15, 0.2) is 0 Å². The number of hydrogen-bond acceptors (Lipinski definition) is 2. The molecule has 0 aliphatic heterocycles. The number of rotatable bonds is 6. The zero-order valence-corrected chi connectivity index (χ0v) is 9.43. The largest absolute Gasteiger partial charge is 0.460 e. The van der Waals surface area contributed by atoms with Crippen molar-refractivity contribution < 1.29 is 9.53 Å². The Morgan fingerprint density at radius 2 is 2.07 bits per heavy atom. The highest BCUT2D eigenvalue weighted by Gasteiger charge is 2.20. The SMILES string of the molecule is C=CC(=C)CCCC(C)(C)OC(C)=O. The number of hydrogen-bond donors (Lipinski definition) is 0. The van der Waals surface area contributed by atoms with Crippen molar-refractivity contribution in [2.24, 2.45) is 0 Å². The van der Waals surface area contributed by atoms with Gasteiger partial charge in [-0.05, 0) is 33.1 Å². The van der Waals surface area contributed by atoms with E-state index in [1.165, 1.54) is 6.92 Å². The second-order valence-corrected chi connectivity index (χ2v) is 4.07. The molecule has 0 unspecified atom stereocenters. The van der Waals surface area contributed by atoms with Crippen LogP contribution < -0.4 is 0 Å². The predicted molar refractivity (Wildman–Crippen MR) is 59.0 cm³/mol. The van der Waals surface area contributed by atoms with E-state index in [9.17, 15) is 4.79 Å². The highest BCUT2D eigenvalue weighted by atomic mass is 16.6. The van der Waals surface area contributed by atoms with E-state index in [0.29, 0.717) is 0 Å². The van der Waals surface area contributed by atoms with Crippen LogP contribution in [0, 0.1) is 0 Å².